The lowest BCUT2D eigenvalue weighted by molar-refractivity contribution is 0.874. The molecule has 2 nitrogen and oxygen atoms in total. The summed E-state index contributed by atoms with van der Waals surface area (Å²) in [6.45, 7) is 0. The molecule has 0 unspecified atom stereocenters. The largest absolute Gasteiger partial charge is 0.322 e. The maximum atomic E-state index is 11.8. The predicted molar refractivity (Wildman–Crippen MR) is 63.6 cm³/mol. The molecule has 1 aromatic carbocycles. The van der Waals surface area contributed by atoms with E-state index in [2.05, 4.69) is 11.1 Å². The molecule has 0 saturated heterocycles. The number of para-hydroxylation sites is 1. The third kappa shape index (κ3) is 1.38. The molecule has 0 spiro atoms. The van der Waals surface area contributed by atoms with Crippen LogP contribution in [0.3, 0.4) is 0 Å². The Kier molecular flexibility index (Phi) is 2.06. The number of fused-ring (bicyclic) bond motifs is 3. The fraction of sp³-hybridized carbons (Fsp3) is 0.250. The zero-order valence-corrected chi connectivity index (χ0v) is 9.06. The highest BCUT2D eigenvalue weighted by atomic mass is 32.2. The fourth-order valence-corrected chi connectivity index (χ4v) is 3.26. The molecule has 2 aromatic rings. The summed E-state index contributed by atoms with van der Waals surface area (Å²) in [5.41, 5.74) is 2.02. The Morgan fingerprint density at radius 1 is 1.27 bits per heavy atom. The van der Waals surface area contributed by atoms with Crippen molar-refractivity contribution >= 4 is 22.7 Å². The topological polar surface area (TPSA) is 32.9 Å². The first-order valence-corrected chi connectivity index (χ1v) is 6.11. The van der Waals surface area contributed by atoms with E-state index in [-0.39, 0.29) is 5.56 Å². The van der Waals surface area contributed by atoms with E-state index in [1.54, 1.807) is 0 Å². The highest BCUT2D eigenvalue weighted by Crippen LogP contribution is 2.33. The molecule has 76 valence electrons. The third-order valence-electron chi connectivity index (χ3n) is 2.79. The quantitative estimate of drug-likeness (QED) is 0.735. The number of aromatic amines is 1. The van der Waals surface area contributed by atoms with Gasteiger partial charge in [0.25, 0.3) is 5.56 Å². The number of rotatable bonds is 0. The summed E-state index contributed by atoms with van der Waals surface area (Å²) < 4.78 is 0. The van der Waals surface area contributed by atoms with Crippen LogP contribution in [0.5, 0.6) is 0 Å². The van der Waals surface area contributed by atoms with Gasteiger partial charge in [0.1, 0.15) is 0 Å². The molecule has 0 aliphatic carbocycles. The molecule has 0 amide bonds. The smallest absolute Gasteiger partial charge is 0.252 e. The van der Waals surface area contributed by atoms with Gasteiger partial charge in [-0.3, -0.25) is 4.79 Å². The molecule has 1 N–H and O–H groups in total. The number of aromatic nitrogens is 1. The molecule has 1 aliphatic rings. The van der Waals surface area contributed by atoms with E-state index in [0.717, 1.165) is 29.7 Å². The van der Waals surface area contributed by atoms with Gasteiger partial charge in [-0.15, -0.1) is 11.8 Å². The summed E-state index contributed by atoms with van der Waals surface area (Å²) in [7, 11) is 0. The summed E-state index contributed by atoms with van der Waals surface area (Å²) >= 11 is 1.81. The third-order valence-corrected chi connectivity index (χ3v) is 4.03. The van der Waals surface area contributed by atoms with Crippen LogP contribution < -0.4 is 5.56 Å². The van der Waals surface area contributed by atoms with Crippen molar-refractivity contribution in [3.63, 3.8) is 0 Å². The van der Waals surface area contributed by atoms with Gasteiger partial charge < -0.3 is 4.98 Å². The Balaban J connectivity index is 2.44. The first kappa shape index (κ1) is 9.04. The maximum absolute atomic E-state index is 11.8. The Labute approximate surface area is 91.7 Å². The number of hydrogen-bond donors (Lipinski definition) is 1. The molecule has 1 aromatic heterocycles. The van der Waals surface area contributed by atoms with E-state index in [9.17, 15) is 4.79 Å². The second-order valence-electron chi connectivity index (χ2n) is 3.76. The summed E-state index contributed by atoms with van der Waals surface area (Å²) in [5, 5.41) is 1.19. The lowest BCUT2D eigenvalue weighted by Gasteiger charge is -2.16. The second kappa shape index (κ2) is 3.42. The van der Waals surface area contributed by atoms with Crippen LogP contribution in [0.4, 0.5) is 0 Å². The highest BCUT2D eigenvalue weighted by molar-refractivity contribution is 7.99. The SMILES string of the molecule is O=c1[nH]c2ccccc2c2c1CCCS2. The number of pyridine rings is 1. The summed E-state index contributed by atoms with van der Waals surface area (Å²) in [6.07, 6.45) is 2.03. The molecule has 0 fully saturated rings. The minimum absolute atomic E-state index is 0.0934. The van der Waals surface area contributed by atoms with Gasteiger partial charge in [-0.2, -0.15) is 0 Å². The van der Waals surface area contributed by atoms with E-state index < -0.39 is 0 Å². The average molecular weight is 217 g/mol. The van der Waals surface area contributed by atoms with Crippen LogP contribution in [0.1, 0.15) is 12.0 Å². The fourth-order valence-electron chi connectivity index (χ4n) is 2.07. The molecular weight excluding hydrogens is 206 g/mol. The summed E-state index contributed by atoms with van der Waals surface area (Å²) in [4.78, 5) is 16.0. The van der Waals surface area contributed by atoms with Crippen LogP contribution >= 0.6 is 11.8 Å². The summed E-state index contributed by atoms with van der Waals surface area (Å²) in [5.74, 6) is 1.13. The van der Waals surface area contributed by atoms with Crippen LogP contribution in [0.15, 0.2) is 34.0 Å². The highest BCUT2D eigenvalue weighted by Gasteiger charge is 2.16. The minimum Gasteiger partial charge on any atom is -0.322 e. The molecular formula is C12H11NOS. The van der Waals surface area contributed by atoms with Crippen molar-refractivity contribution in [2.24, 2.45) is 0 Å². The van der Waals surface area contributed by atoms with Crippen molar-refractivity contribution in [2.75, 3.05) is 5.75 Å². The summed E-state index contributed by atoms with van der Waals surface area (Å²) in [6, 6.07) is 8.03. The minimum atomic E-state index is 0.0934. The van der Waals surface area contributed by atoms with E-state index in [1.807, 2.05) is 30.0 Å². The van der Waals surface area contributed by atoms with Gasteiger partial charge in [0, 0.05) is 21.4 Å². The maximum Gasteiger partial charge on any atom is 0.252 e. The Hall–Kier alpha value is -1.22. The number of thioether (sulfide) groups is 1. The molecule has 3 heteroatoms. The van der Waals surface area contributed by atoms with Crippen molar-refractivity contribution < 1.29 is 0 Å². The molecule has 3 rings (SSSR count). The molecule has 0 saturated carbocycles. The second-order valence-corrected chi connectivity index (χ2v) is 4.86. The predicted octanol–water partition coefficient (Wildman–Crippen LogP) is 2.57. The number of H-pyrrole nitrogens is 1. The van der Waals surface area contributed by atoms with E-state index in [0.29, 0.717) is 0 Å². The van der Waals surface area contributed by atoms with Crippen molar-refractivity contribution in [3.05, 3.63) is 40.2 Å². The lowest BCUT2D eigenvalue weighted by atomic mass is 10.1. The van der Waals surface area contributed by atoms with Crippen molar-refractivity contribution in [3.8, 4) is 0 Å². The van der Waals surface area contributed by atoms with Crippen LogP contribution in [0.2, 0.25) is 0 Å². The van der Waals surface area contributed by atoms with Gasteiger partial charge in [-0.05, 0) is 24.7 Å². The normalized spacial score (nSPS) is 15.2. The van der Waals surface area contributed by atoms with E-state index >= 15 is 0 Å². The van der Waals surface area contributed by atoms with Gasteiger partial charge in [-0.25, -0.2) is 0 Å². The molecule has 0 atom stereocenters. The lowest BCUT2D eigenvalue weighted by Crippen LogP contribution is -2.17. The van der Waals surface area contributed by atoms with E-state index in [4.69, 9.17) is 0 Å². The first-order valence-electron chi connectivity index (χ1n) is 5.13. The van der Waals surface area contributed by atoms with Gasteiger partial charge in [0.2, 0.25) is 0 Å². The van der Waals surface area contributed by atoms with Crippen molar-refractivity contribution in [1.29, 1.82) is 0 Å². The zero-order chi connectivity index (χ0) is 10.3. The zero-order valence-electron chi connectivity index (χ0n) is 8.25. The molecule has 1 aliphatic heterocycles. The molecule has 0 bridgehead atoms. The standard InChI is InChI=1S/C12H11NOS/c14-12-9-5-3-7-15-11(9)8-4-1-2-6-10(8)13-12/h1-2,4,6H,3,5,7H2,(H,13,14). The number of hydrogen-bond acceptors (Lipinski definition) is 2. The Morgan fingerprint density at radius 2 is 2.13 bits per heavy atom. The van der Waals surface area contributed by atoms with Gasteiger partial charge in [0.15, 0.2) is 0 Å². The van der Waals surface area contributed by atoms with Crippen molar-refractivity contribution in [2.45, 2.75) is 17.7 Å². The Morgan fingerprint density at radius 3 is 3.07 bits per heavy atom. The van der Waals surface area contributed by atoms with Crippen molar-refractivity contribution in [1.82, 2.24) is 4.98 Å². The van der Waals surface area contributed by atoms with Gasteiger partial charge in [-0.1, -0.05) is 18.2 Å². The van der Waals surface area contributed by atoms with Crippen LogP contribution in [0.25, 0.3) is 10.9 Å². The molecule has 0 radical (unpaired) electrons. The van der Waals surface area contributed by atoms with E-state index in [1.165, 1.54) is 10.3 Å². The van der Waals surface area contributed by atoms with Crippen LogP contribution in [-0.4, -0.2) is 10.7 Å². The molecule has 15 heavy (non-hydrogen) atoms. The van der Waals surface area contributed by atoms with Gasteiger partial charge >= 0.3 is 0 Å². The number of benzene rings is 1. The first-order chi connectivity index (χ1) is 7.36. The molecule has 2 heterocycles. The van der Waals surface area contributed by atoms with Crippen LogP contribution in [-0.2, 0) is 6.42 Å². The van der Waals surface area contributed by atoms with Gasteiger partial charge in [0.05, 0.1) is 0 Å². The number of nitrogens with one attached hydrogen (secondary N) is 1. The monoisotopic (exact) mass is 217 g/mol. The average Bonchev–Trinajstić information content (AvgIpc) is 2.30. The Bertz CT molecular complexity index is 573. The van der Waals surface area contributed by atoms with Crippen LogP contribution in [0, 0.1) is 0 Å².